The van der Waals surface area contributed by atoms with Crippen molar-refractivity contribution in [2.45, 2.75) is 25.8 Å². The van der Waals surface area contributed by atoms with E-state index in [4.69, 9.17) is 0 Å². The van der Waals surface area contributed by atoms with Gasteiger partial charge in [-0.1, -0.05) is 0 Å². The number of carboxylic acid groups (broad SMARTS) is 1. The van der Waals surface area contributed by atoms with Gasteiger partial charge < -0.3 is 20.2 Å². The number of nitrogens with zero attached hydrogens (tertiary/aromatic N) is 3. The Labute approximate surface area is 152 Å². The van der Waals surface area contributed by atoms with Crippen LogP contribution in [0, 0.1) is 6.92 Å². The number of thioether (sulfide) groups is 1. The molecule has 1 aromatic heterocycles. The highest BCUT2D eigenvalue weighted by atomic mass is 32.2. The highest BCUT2D eigenvalue weighted by molar-refractivity contribution is 7.98. The van der Waals surface area contributed by atoms with Gasteiger partial charge in [-0.05, 0) is 43.4 Å². The molecule has 1 aliphatic rings. The number of pyridine rings is 1. The lowest BCUT2D eigenvalue weighted by molar-refractivity contribution is -0.139. The molecule has 1 saturated heterocycles. The molecule has 0 bridgehead atoms. The largest absolute Gasteiger partial charge is 0.480 e. The van der Waals surface area contributed by atoms with E-state index < -0.39 is 12.0 Å². The molecule has 1 atom stereocenters. The summed E-state index contributed by atoms with van der Waals surface area (Å²) >= 11 is 1.57. The molecule has 2 amide bonds. The first-order chi connectivity index (χ1) is 12.0. The van der Waals surface area contributed by atoms with Gasteiger partial charge in [-0.3, -0.25) is 4.98 Å². The predicted molar refractivity (Wildman–Crippen MR) is 100 cm³/mol. The molecule has 2 N–H and O–H groups in total. The second kappa shape index (κ2) is 9.50. The summed E-state index contributed by atoms with van der Waals surface area (Å²) in [5.74, 6) is -0.280. The van der Waals surface area contributed by atoms with Gasteiger partial charge in [0.1, 0.15) is 6.04 Å². The summed E-state index contributed by atoms with van der Waals surface area (Å²) in [5, 5.41) is 11.9. The maximum atomic E-state index is 12.5. The first kappa shape index (κ1) is 19.4. The van der Waals surface area contributed by atoms with Crippen LogP contribution in [-0.2, 0) is 4.79 Å². The smallest absolute Gasteiger partial charge is 0.326 e. The van der Waals surface area contributed by atoms with Gasteiger partial charge in [0.15, 0.2) is 0 Å². The van der Waals surface area contributed by atoms with Crippen molar-refractivity contribution in [2.75, 3.05) is 43.1 Å². The third-order valence-electron chi connectivity index (χ3n) is 4.32. The minimum absolute atomic E-state index is 0.290. The molecule has 1 unspecified atom stereocenters. The van der Waals surface area contributed by atoms with Gasteiger partial charge in [0, 0.05) is 44.3 Å². The normalized spacial score (nSPS) is 16.2. The number of anilines is 1. The molecular formula is C17H26N4O3S. The van der Waals surface area contributed by atoms with Crippen molar-refractivity contribution in [3.05, 3.63) is 24.0 Å². The fourth-order valence-corrected chi connectivity index (χ4v) is 3.39. The monoisotopic (exact) mass is 366 g/mol. The molecule has 2 rings (SSSR count). The lowest BCUT2D eigenvalue weighted by Crippen LogP contribution is -2.49. The maximum absolute atomic E-state index is 12.5. The molecular weight excluding hydrogens is 340 g/mol. The summed E-state index contributed by atoms with van der Waals surface area (Å²) in [5.41, 5.74) is 2.25. The van der Waals surface area contributed by atoms with Gasteiger partial charge in [-0.25, -0.2) is 9.59 Å². The molecule has 25 heavy (non-hydrogen) atoms. The SMILES string of the molecule is CSCCC(NC(=O)N1CCCN(c2ccncc2C)CC1)C(=O)O. The molecule has 8 heteroatoms. The second-order valence-electron chi connectivity index (χ2n) is 6.11. The maximum Gasteiger partial charge on any atom is 0.326 e. The fourth-order valence-electron chi connectivity index (χ4n) is 2.92. The Morgan fingerprint density at radius 3 is 2.84 bits per heavy atom. The van der Waals surface area contributed by atoms with Crippen LogP contribution in [0.4, 0.5) is 10.5 Å². The average molecular weight is 366 g/mol. The highest BCUT2D eigenvalue weighted by Gasteiger charge is 2.25. The van der Waals surface area contributed by atoms with E-state index >= 15 is 0 Å². The molecule has 0 aliphatic carbocycles. The summed E-state index contributed by atoms with van der Waals surface area (Å²) < 4.78 is 0. The lowest BCUT2D eigenvalue weighted by atomic mass is 10.2. The zero-order valence-electron chi connectivity index (χ0n) is 14.8. The van der Waals surface area contributed by atoms with Crippen molar-refractivity contribution in [1.82, 2.24) is 15.2 Å². The second-order valence-corrected chi connectivity index (χ2v) is 7.10. The Morgan fingerprint density at radius 2 is 2.16 bits per heavy atom. The topological polar surface area (TPSA) is 85.8 Å². The van der Waals surface area contributed by atoms with Crippen LogP contribution < -0.4 is 10.2 Å². The molecule has 1 fully saturated rings. The zero-order valence-corrected chi connectivity index (χ0v) is 15.6. The van der Waals surface area contributed by atoms with Crippen molar-refractivity contribution in [1.29, 1.82) is 0 Å². The van der Waals surface area contributed by atoms with E-state index in [1.807, 2.05) is 25.4 Å². The van der Waals surface area contributed by atoms with Crippen LogP contribution in [0.5, 0.6) is 0 Å². The van der Waals surface area contributed by atoms with Gasteiger partial charge in [0.2, 0.25) is 0 Å². The molecule has 138 valence electrons. The highest BCUT2D eigenvalue weighted by Crippen LogP contribution is 2.20. The summed E-state index contributed by atoms with van der Waals surface area (Å²) in [6, 6.07) is 0.872. The molecule has 1 aliphatic heterocycles. The number of nitrogens with one attached hydrogen (secondary N) is 1. The Morgan fingerprint density at radius 1 is 1.36 bits per heavy atom. The van der Waals surface area contributed by atoms with E-state index in [9.17, 15) is 14.7 Å². The molecule has 2 heterocycles. The number of aromatic nitrogens is 1. The number of amides is 2. The van der Waals surface area contributed by atoms with Crippen LogP contribution in [0.25, 0.3) is 0 Å². The molecule has 7 nitrogen and oxygen atoms in total. The standard InChI is InChI=1S/C17H26N4O3S/c1-13-12-18-6-4-15(13)20-7-3-8-21(10-9-20)17(24)19-14(16(22)23)5-11-25-2/h4,6,12,14H,3,5,7-11H2,1-2H3,(H,19,24)(H,22,23). The molecule has 0 radical (unpaired) electrons. The summed E-state index contributed by atoms with van der Waals surface area (Å²) in [6.45, 7) is 4.81. The van der Waals surface area contributed by atoms with Crippen LogP contribution in [0.2, 0.25) is 0 Å². The number of urea groups is 1. The van der Waals surface area contributed by atoms with E-state index in [1.54, 1.807) is 22.9 Å². The minimum atomic E-state index is -0.980. The third kappa shape index (κ3) is 5.52. The summed E-state index contributed by atoms with van der Waals surface area (Å²) in [6.07, 6.45) is 6.82. The number of carbonyl (C=O) groups excluding carboxylic acids is 1. The predicted octanol–water partition coefficient (Wildman–Crippen LogP) is 1.82. The van der Waals surface area contributed by atoms with E-state index in [-0.39, 0.29) is 6.03 Å². The zero-order chi connectivity index (χ0) is 18.2. The van der Waals surface area contributed by atoms with Gasteiger partial charge in [0.25, 0.3) is 0 Å². The summed E-state index contributed by atoms with van der Waals surface area (Å²) in [7, 11) is 0. The Bertz CT molecular complexity index is 599. The molecule has 1 aromatic rings. The number of aryl methyl sites for hydroxylation is 1. The van der Waals surface area contributed by atoms with Gasteiger partial charge in [-0.2, -0.15) is 11.8 Å². The van der Waals surface area contributed by atoms with Crippen LogP contribution in [0.15, 0.2) is 18.5 Å². The number of aliphatic carboxylic acids is 1. The third-order valence-corrected chi connectivity index (χ3v) is 4.96. The number of hydrogen-bond acceptors (Lipinski definition) is 5. The van der Waals surface area contributed by atoms with E-state index in [0.717, 1.165) is 30.8 Å². The van der Waals surface area contributed by atoms with E-state index in [1.165, 1.54) is 0 Å². The molecule has 0 spiro atoms. The number of rotatable bonds is 6. The van der Waals surface area contributed by atoms with Crippen molar-refractivity contribution >= 4 is 29.4 Å². The lowest BCUT2D eigenvalue weighted by Gasteiger charge is -2.25. The van der Waals surface area contributed by atoms with Gasteiger partial charge in [0.05, 0.1) is 0 Å². The van der Waals surface area contributed by atoms with Crippen molar-refractivity contribution in [2.24, 2.45) is 0 Å². The molecule has 0 aromatic carbocycles. The molecule has 0 saturated carbocycles. The number of carboxylic acids is 1. The van der Waals surface area contributed by atoms with Crippen molar-refractivity contribution < 1.29 is 14.7 Å². The van der Waals surface area contributed by atoms with E-state index in [2.05, 4.69) is 15.2 Å². The Balaban J connectivity index is 1.94. The van der Waals surface area contributed by atoms with Crippen LogP contribution >= 0.6 is 11.8 Å². The average Bonchev–Trinajstić information content (AvgIpc) is 2.84. The Hall–Kier alpha value is -1.96. The fraction of sp³-hybridized carbons (Fsp3) is 0.588. The minimum Gasteiger partial charge on any atom is -0.480 e. The number of hydrogen-bond donors (Lipinski definition) is 2. The van der Waals surface area contributed by atoms with Crippen molar-refractivity contribution in [3.63, 3.8) is 0 Å². The quantitative estimate of drug-likeness (QED) is 0.799. The number of carbonyl (C=O) groups is 2. The summed E-state index contributed by atoms with van der Waals surface area (Å²) in [4.78, 5) is 31.9. The first-order valence-corrected chi connectivity index (χ1v) is 9.85. The van der Waals surface area contributed by atoms with Crippen LogP contribution in [-0.4, -0.2) is 71.2 Å². The van der Waals surface area contributed by atoms with Gasteiger partial charge >= 0.3 is 12.0 Å². The Kier molecular flexibility index (Phi) is 7.36. The van der Waals surface area contributed by atoms with Crippen LogP contribution in [0.1, 0.15) is 18.4 Å². The van der Waals surface area contributed by atoms with E-state index in [0.29, 0.717) is 25.3 Å². The van der Waals surface area contributed by atoms with Crippen LogP contribution in [0.3, 0.4) is 0 Å². The van der Waals surface area contributed by atoms with Crippen molar-refractivity contribution in [3.8, 4) is 0 Å². The van der Waals surface area contributed by atoms with Gasteiger partial charge in [-0.15, -0.1) is 0 Å². The first-order valence-electron chi connectivity index (χ1n) is 8.45.